The minimum absolute atomic E-state index is 0.568. The average Bonchev–Trinajstić information content (AvgIpc) is 3.07. The Morgan fingerprint density at radius 2 is 0.976 bits per heavy atom. The van der Waals surface area contributed by atoms with Crippen LogP contribution in [-0.4, -0.2) is 4.98 Å². The Morgan fingerprint density at radius 1 is 0.429 bits per heavy atom. The van der Waals surface area contributed by atoms with Gasteiger partial charge in [-0.3, -0.25) is 4.98 Å². The minimum atomic E-state index is -0.568. The summed E-state index contributed by atoms with van der Waals surface area (Å²) in [7, 11) is 0. The molecule has 6 aromatic carbocycles. The summed E-state index contributed by atoms with van der Waals surface area (Å²) in [6.07, 6.45) is 1.86. The molecule has 0 bridgehead atoms. The van der Waals surface area contributed by atoms with E-state index in [9.17, 15) is 0 Å². The lowest BCUT2D eigenvalue weighted by molar-refractivity contribution is 0.434. The number of benzene rings is 6. The predicted molar refractivity (Wildman–Crippen MR) is 171 cm³/mol. The lowest BCUT2D eigenvalue weighted by Gasteiger charge is -2.42. The maximum atomic E-state index is 6.52. The molecule has 0 N–H and O–H groups in total. The second kappa shape index (κ2) is 9.87. The van der Waals surface area contributed by atoms with Crippen molar-refractivity contribution >= 4 is 10.9 Å². The van der Waals surface area contributed by atoms with Crippen molar-refractivity contribution in [3.63, 3.8) is 0 Å². The molecule has 8 rings (SSSR count). The van der Waals surface area contributed by atoms with Gasteiger partial charge in [0.25, 0.3) is 0 Å². The quantitative estimate of drug-likeness (QED) is 0.223. The standard InChI is InChI=1S/C40H27NO/c1-2-14-31(15-3-1)40(35-19-6-8-21-37(35)42-38-22-9-7-20-36(38)40)34-18-5-4-16-32(34)28-23-25-29(26-24-28)33-17-10-12-30-13-11-27-41-39(30)33/h1-27H. The van der Waals surface area contributed by atoms with Crippen LogP contribution in [0.3, 0.4) is 0 Å². The fourth-order valence-electron chi connectivity index (χ4n) is 6.67. The molecular weight excluding hydrogens is 510 g/mol. The molecule has 0 fully saturated rings. The molecule has 1 aliphatic heterocycles. The van der Waals surface area contributed by atoms with E-state index in [2.05, 4.69) is 157 Å². The van der Waals surface area contributed by atoms with Gasteiger partial charge in [-0.1, -0.05) is 140 Å². The van der Waals surface area contributed by atoms with E-state index in [1.165, 1.54) is 22.3 Å². The van der Waals surface area contributed by atoms with Crippen molar-refractivity contribution in [2.24, 2.45) is 0 Å². The third kappa shape index (κ3) is 3.69. The number of aromatic nitrogens is 1. The van der Waals surface area contributed by atoms with Crippen molar-refractivity contribution < 1.29 is 4.74 Å². The summed E-state index contributed by atoms with van der Waals surface area (Å²) in [5, 5.41) is 1.14. The number of hydrogen-bond donors (Lipinski definition) is 0. The van der Waals surface area contributed by atoms with Crippen LogP contribution in [0, 0.1) is 0 Å². The van der Waals surface area contributed by atoms with Crippen LogP contribution in [0.1, 0.15) is 22.3 Å². The van der Waals surface area contributed by atoms with Gasteiger partial charge < -0.3 is 4.74 Å². The van der Waals surface area contributed by atoms with Crippen molar-refractivity contribution in [1.29, 1.82) is 0 Å². The molecule has 0 saturated carbocycles. The van der Waals surface area contributed by atoms with Crippen LogP contribution < -0.4 is 4.74 Å². The molecule has 2 nitrogen and oxygen atoms in total. The summed E-state index contributed by atoms with van der Waals surface area (Å²) >= 11 is 0. The minimum Gasteiger partial charge on any atom is -0.457 e. The van der Waals surface area contributed by atoms with Crippen LogP contribution >= 0.6 is 0 Å². The summed E-state index contributed by atoms with van der Waals surface area (Å²) in [4.78, 5) is 4.69. The van der Waals surface area contributed by atoms with Gasteiger partial charge in [0, 0.05) is 28.3 Å². The Labute approximate surface area is 245 Å². The first-order valence-electron chi connectivity index (χ1n) is 14.3. The summed E-state index contributed by atoms with van der Waals surface area (Å²) in [5.74, 6) is 1.77. The third-order valence-electron chi connectivity index (χ3n) is 8.48. The van der Waals surface area contributed by atoms with Crippen molar-refractivity contribution in [3.8, 4) is 33.8 Å². The maximum Gasteiger partial charge on any atom is 0.132 e. The zero-order valence-corrected chi connectivity index (χ0v) is 22.9. The van der Waals surface area contributed by atoms with E-state index in [4.69, 9.17) is 4.74 Å². The van der Waals surface area contributed by atoms with Gasteiger partial charge >= 0.3 is 0 Å². The summed E-state index contributed by atoms with van der Waals surface area (Å²) in [5.41, 5.74) is 9.81. The van der Waals surface area contributed by atoms with E-state index < -0.39 is 5.41 Å². The Balaban J connectivity index is 1.37. The van der Waals surface area contributed by atoms with Gasteiger partial charge in [-0.15, -0.1) is 0 Å². The Bertz CT molecular complexity index is 2010. The maximum absolute atomic E-state index is 6.52. The van der Waals surface area contributed by atoms with Crippen LogP contribution in [0.25, 0.3) is 33.2 Å². The lowest BCUT2D eigenvalue weighted by atomic mass is 9.62. The largest absolute Gasteiger partial charge is 0.457 e. The molecule has 7 aromatic rings. The van der Waals surface area contributed by atoms with Crippen molar-refractivity contribution in [3.05, 3.63) is 186 Å². The second-order valence-electron chi connectivity index (χ2n) is 10.7. The molecule has 1 aromatic heterocycles. The Kier molecular flexibility index (Phi) is 5.72. The van der Waals surface area contributed by atoms with Crippen LogP contribution in [0.4, 0.5) is 0 Å². The number of para-hydroxylation sites is 3. The van der Waals surface area contributed by atoms with E-state index in [0.29, 0.717) is 0 Å². The number of ether oxygens (including phenoxy) is 1. The average molecular weight is 538 g/mol. The van der Waals surface area contributed by atoms with E-state index in [0.717, 1.165) is 44.7 Å². The van der Waals surface area contributed by atoms with Gasteiger partial charge in [-0.05, 0) is 46.0 Å². The molecule has 0 aliphatic carbocycles. The first-order chi connectivity index (χ1) is 20.8. The van der Waals surface area contributed by atoms with E-state index in [1.807, 2.05) is 12.3 Å². The second-order valence-corrected chi connectivity index (χ2v) is 10.7. The predicted octanol–water partition coefficient (Wildman–Crippen LogP) is 10.1. The summed E-state index contributed by atoms with van der Waals surface area (Å²) in [6.45, 7) is 0. The molecule has 0 saturated heterocycles. The highest BCUT2D eigenvalue weighted by molar-refractivity contribution is 5.94. The zero-order chi connectivity index (χ0) is 27.9. The topological polar surface area (TPSA) is 22.1 Å². The van der Waals surface area contributed by atoms with Crippen molar-refractivity contribution in [2.75, 3.05) is 0 Å². The molecule has 1 aliphatic rings. The van der Waals surface area contributed by atoms with Crippen LogP contribution in [-0.2, 0) is 5.41 Å². The van der Waals surface area contributed by atoms with Gasteiger partial charge in [0.1, 0.15) is 11.5 Å². The fourth-order valence-corrected chi connectivity index (χ4v) is 6.67. The number of pyridine rings is 1. The molecule has 0 spiro atoms. The van der Waals surface area contributed by atoms with E-state index in [-0.39, 0.29) is 0 Å². The van der Waals surface area contributed by atoms with Gasteiger partial charge in [0.2, 0.25) is 0 Å². The van der Waals surface area contributed by atoms with Crippen LogP contribution in [0.15, 0.2) is 164 Å². The summed E-state index contributed by atoms with van der Waals surface area (Å²) < 4.78 is 6.52. The fraction of sp³-hybridized carbons (Fsp3) is 0.0250. The molecule has 2 heterocycles. The van der Waals surface area contributed by atoms with Gasteiger partial charge in [0.15, 0.2) is 0 Å². The molecule has 0 radical (unpaired) electrons. The van der Waals surface area contributed by atoms with E-state index >= 15 is 0 Å². The highest BCUT2D eigenvalue weighted by atomic mass is 16.5. The van der Waals surface area contributed by atoms with Gasteiger partial charge in [-0.2, -0.15) is 0 Å². The molecule has 198 valence electrons. The SMILES string of the molecule is c1ccc(C2(c3ccccc3-c3ccc(-c4cccc5cccnc45)cc3)c3ccccc3Oc3ccccc32)cc1. The Morgan fingerprint density at radius 3 is 1.69 bits per heavy atom. The highest BCUT2D eigenvalue weighted by Crippen LogP contribution is 2.56. The molecule has 0 atom stereocenters. The number of rotatable bonds is 4. The molecular formula is C40H27NO. The van der Waals surface area contributed by atoms with Crippen LogP contribution in [0.2, 0.25) is 0 Å². The monoisotopic (exact) mass is 537 g/mol. The number of hydrogen-bond acceptors (Lipinski definition) is 2. The normalized spacial score (nSPS) is 13.1. The summed E-state index contributed by atoms with van der Waals surface area (Å²) in [6, 6.07) is 56.0. The third-order valence-corrected chi connectivity index (χ3v) is 8.48. The number of fused-ring (bicyclic) bond motifs is 3. The zero-order valence-electron chi connectivity index (χ0n) is 22.9. The van der Waals surface area contributed by atoms with E-state index in [1.54, 1.807) is 0 Å². The van der Waals surface area contributed by atoms with Crippen molar-refractivity contribution in [1.82, 2.24) is 4.98 Å². The molecule has 0 unspecified atom stereocenters. The molecule has 42 heavy (non-hydrogen) atoms. The lowest BCUT2D eigenvalue weighted by Crippen LogP contribution is -2.34. The van der Waals surface area contributed by atoms with Crippen LogP contribution in [0.5, 0.6) is 11.5 Å². The molecule has 0 amide bonds. The Hall–Kier alpha value is -5.47. The number of nitrogens with zero attached hydrogens (tertiary/aromatic N) is 1. The van der Waals surface area contributed by atoms with Gasteiger partial charge in [0.05, 0.1) is 10.9 Å². The van der Waals surface area contributed by atoms with Crippen molar-refractivity contribution in [2.45, 2.75) is 5.41 Å². The van der Waals surface area contributed by atoms with Gasteiger partial charge in [-0.25, -0.2) is 0 Å². The smallest absolute Gasteiger partial charge is 0.132 e. The highest BCUT2D eigenvalue weighted by Gasteiger charge is 2.46. The first kappa shape index (κ1) is 24.3. The first-order valence-corrected chi connectivity index (χ1v) is 14.3. The molecule has 2 heteroatoms.